The molecule has 0 spiro atoms. The van der Waals surface area contributed by atoms with Crippen molar-refractivity contribution in [1.29, 1.82) is 0 Å². The van der Waals surface area contributed by atoms with Crippen LogP contribution in [-0.4, -0.2) is 42.2 Å². The van der Waals surface area contributed by atoms with Gasteiger partial charge in [0.15, 0.2) is 0 Å². The number of hydroxylamine groups is 1. The zero-order valence-electron chi connectivity index (χ0n) is 10.3. The van der Waals surface area contributed by atoms with E-state index in [0.29, 0.717) is 12.5 Å². The summed E-state index contributed by atoms with van der Waals surface area (Å²) >= 11 is 0. The third kappa shape index (κ3) is 3.30. The van der Waals surface area contributed by atoms with Crippen LogP contribution < -0.4 is 15.7 Å². The second kappa shape index (κ2) is 6.15. The molecule has 1 atom stereocenters. The lowest BCUT2D eigenvalue weighted by molar-refractivity contribution is 0.105. The minimum absolute atomic E-state index is 0.0812. The monoisotopic (exact) mass is 251 g/mol. The third-order valence-corrected chi connectivity index (χ3v) is 2.79. The van der Waals surface area contributed by atoms with E-state index in [1.807, 2.05) is 0 Å². The Labute approximate surface area is 106 Å². The van der Waals surface area contributed by atoms with Crippen molar-refractivity contribution in [1.82, 2.24) is 20.8 Å². The van der Waals surface area contributed by atoms with Gasteiger partial charge in [0, 0.05) is 31.5 Å². The van der Waals surface area contributed by atoms with Crippen molar-refractivity contribution in [3.05, 3.63) is 18.5 Å². The van der Waals surface area contributed by atoms with Crippen LogP contribution >= 0.6 is 0 Å². The van der Waals surface area contributed by atoms with E-state index in [-0.39, 0.29) is 12.1 Å². The van der Waals surface area contributed by atoms with Gasteiger partial charge < -0.3 is 10.2 Å². The van der Waals surface area contributed by atoms with Crippen molar-refractivity contribution in [2.75, 3.05) is 25.1 Å². The number of urea groups is 1. The summed E-state index contributed by atoms with van der Waals surface area (Å²) in [5.74, 6) is 0.705. The van der Waals surface area contributed by atoms with Crippen LogP contribution in [-0.2, 0) is 4.84 Å². The first-order valence-electron chi connectivity index (χ1n) is 5.91. The van der Waals surface area contributed by atoms with E-state index in [2.05, 4.69) is 30.5 Å². The molecule has 2 heterocycles. The molecular formula is C11H17N5O2. The molecule has 2 rings (SSSR count). The largest absolute Gasteiger partial charge is 0.339 e. The molecule has 0 aromatic carbocycles. The van der Waals surface area contributed by atoms with Gasteiger partial charge in [0.2, 0.25) is 5.95 Å². The molecule has 2 amide bonds. The van der Waals surface area contributed by atoms with Crippen molar-refractivity contribution in [3.63, 3.8) is 0 Å². The molecule has 1 aromatic rings. The second-order valence-electron chi connectivity index (χ2n) is 4.11. The Kier molecular flexibility index (Phi) is 4.30. The highest BCUT2D eigenvalue weighted by Crippen LogP contribution is 2.14. The molecule has 1 aliphatic heterocycles. The first kappa shape index (κ1) is 12.6. The number of nitrogens with zero attached hydrogens (tertiary/aromatic N) is 3. The summed E-state index contributed by atoms with van der Waals surface area (Å²) in [5, 5.41) is 2.85. The molecule has 0 radical (unpaired) electrons. The molecule has 0 bridgehead atoms. The number of hydrogen-bond acceptors (Lipinski definition) is 5. The highest BCUT2D eigenvalue weighted by molar-refractivity contribution is 5.73. The normalized spacial score (nSPS) is 19.4. The third-order valence-electron chi connectivity index (χ3n) is 2.79. The number of aromatic nitrogens is 2. The van der Waals surface area contributed by atoms with E-state index in [4.69, 9.17) is 0 Å². The number of rotatable bonds is 3. The molecule has 1 fully saturated rings. The standard InChI is InChI=1S/C11H17N5O2/c1-18-15-11(17)14-9-4-2-7-16(8-9)10-12-5-3-6-13-10/h3,5-6,9H,2,4,7-8H2,1H3,(H2,14,15,17)/t9-/m0/s1. The van der Waals surface area contributed by atoms with Crippen LogP contribution in [0.25, 0.3) is 0 Å². The lowest BCUT2D eigenvalue weighted by Gasteiger charge is -2.32. The van der Waals surface area contributed by atoms with Crippen LogP contribution in [0.2, 0.25) is 0 Å². The number of carbonyl (C=O) groups excluding carboxylic acids is 1. The first-order valence-corrected chi connectivity index (χ1v) is 5.91. The molecule has 0 aliphatic carbocycles. The van der Waals surface area contributed by atoms with Gasteiger partial charge in [-0.1, -0.05) is 0 Å². The van der Waals surface area contributed by atoms with Gasteiger partial charge in [0.25, 0.3) is 0 Å². The molecule has 1 aromatic heterocycles. The van der Waals surface area contributed by atoms with Gasteiger partial charge >= 0.3 is 6.03 Å². The number of carbonyl (C=O) groups is 1. The van der Waals surface area contributed by atoms with Crippen molar-refractivity contribution < 1.29 is 9.63 Å². The van der Waals surface area contributed by atoms with Crippen LogP contribution in [0.3, 0.4) is 0 Å². The zero-order valence-corrected chi connectivity index (χ0v) is 10.3. The summed E-state index contributed by atoms with van der Waals surface area (Å²) in [6.07, 6.45) is 5.38. The fourth-order valence-electron chi connectivity index (χ4n) is 2.04. The number of anilines is 1. The smallest absolute Gasteiger partial charge is 0.338 e. The summed E-state index contributed by atoms with van der Waals surface area (Å²) in [4.78, 5) is 26.4. The maximum Gasteiger partial charge on any atom is 0.338 e. The predicted molar refractivity (Wildman–Crippen MR) is 65.9 cm³/mol. The Morgan fingerprint density at radius 2 is 2.28 bits per heavy atom. The van der Waals surface area contributed by atoms with E-state index < -0.39 is 0 Å². The molecule has 7 nitrogen and oxygen atoms in total. The zero-order chi connectivity index (χ0) is 12.8. The van der Waals surface area contributed by atoms with Crippen LogP contribution in [0.5, 0.6) is 0 Å². The van der Waals surface area contributed by atoms with Gasteiger partial charge in [-0.05, 0) is 18.9 Å². The Morgan fingerprint density at radius 3 is 3.00 bits per heavy atom. The molecule has 18 heavy (non-hydrogen) atoms. The summed E-state index contributed by atoms with van der Waals surface area (Å²) in [5.41, 5.74) is 2.25. The minimum atomic E-state index is -0.321. The van der Waals surface area contributed by atoms with Crippen molar-refractivity contribution in [3.8, 4) is 0 Å². The predicted octanol–water partition coefficient (Wildman–Crippen LogP) is 0.306. The van der Waals surface area contributed by atoms with Gasteiger partial charge in [0.05, 0.1) is 7.11 Å². The van der Waals surface area contributed by atoms with Gasteiger partial charge in [-0.25, -0.2) is 20.2 Å². The van der Waals surface area contributed by atoms with Crippen molar-refractivity contribution in [2.45, 2.75) is 18.9 Å². The van der Waals surface area contributed by atoms with Crippen LogP contribution in [0.15, 0.2) is 18.5 Å². The summed E-state index contributed by atoms with van der Waals surface area (Å²) in [6, 6.07) is 1.55. The Balaban J connectivity index is 1.91. The number of amides is 2. The van der Waals surface area contributed by atoms with Crippen molar-refractivity contribution >= 4 is 12.0 Å². The topological polar surface area (TPSA) is 79.4 Å². The molecule has 1 saturated heterocycles. The van der Waals surface area contributed by atoms with E-state index in [1.54, 1.807) is 18.5 Å². The highest BCUT2D eigenvalue weighted by Gasteiger charge is 2.22. The Bertz CT molecular complexity index is 386. The first-order chi connectivity index (χ1) is 8.79. The maximum absolute atomic E-state index is 11.4. The lowest BCUT2D eigenvalue weighted by atomic mass is 10.1. The molecular weight excluding hydrogens is 234 g/mol. The van der Waals surface area contributed by atoms with Crippen LogP contribution in [0.1, 0.15) is 12.8 Å². The van der Waals surface area contributed by atoms with Gasteiger partial charge in [-0.2, -0.15) is 0 Å². The number of hydrogen-bond donors (Lipinski definition) is 2. The molecule has 98 valence electrons. The van der Waals surface area contributed by atoms with E-state index >= 15 is 0 Å². The lowest BCUT2D eigenvalue weighted by Crippen LogP contribution is -2.50. The Hall–Kier alpha value is -1.89. The molecule has 0 unspecified atom stereocenters. The van der Waals surface area contributed by atoms with Crippen LogP contribution in [0.4, 0.5) is 10.7 Å². The number of piperidine rings is 1. The molecule has 0 saturated carbocycles. The van der Waals surface area contributed by atoms with E-state index in [1.165, 1.54) is 7.11 Å². The minimum Gasteiger partial charge on any atom is -0.339 e. The van der Waals surface area contributed by atoms with Gasteiger partial charge in [-0.3, -0.25) is 4.84 Å². The summed E-state index contributed by atoms with van der Waals surface area (Å²) in [7, 11) is 1.41. The summed E-state index contributed by atoms with van der Waals surface area (Å²) in [6.45, 7) is 1.62. The van der Waals surface area contributed by atoms with E-state index in [9.17, 15) is 4.79 Å². The SMILES string of the molecule is CONC(=O)N[C@H]1CCCN(c2ncccn2)C1. The van der Waals surface area contributed by atoms with Crippen LogP contribution in [0, 0.1) is 0 Å². The average Bonchev–Trinajstić information content (AvgIpc) is 2.40. The molecule has 7 heteroatoms. The fraction of sp³-hybridized carbons (Fsp3) is 0.545. The average molecular weight is 251 g/mol. The Morgan fingerprint density at radius 1 is 1.50 bits per heavy atom. The molecule has 1 aliphatic rings. The second-order valence-corrected chi connectivity index (χ2v) is 4.11. The van der Waals surface area contributed by atoms with Crippen molar-refractivity contribution in [2.24, 2.45) is 0 Å². The maximum atomic E-state index is 11.4. The summed E-state index contributed by atoms with van der Waals surface area (Å²) < 4.78 is 0. The van der Waals surface area contributed by atoms with Gasteiger partial charge in [0.1, 0.15) is 0 Å². The van der Waals surface area contributed by atoms with E-state index in [0.717, 1.165) is 19.4 Å². The quantitative estimate of drug-likeness (QED) is 0.756. The highest BCUT2D eigenvalue weighted by atomic mass is 16.6. The fourth-order valence-corrected chi connectivity index (χ4v) is 2.04. The molecule has 2 N–H and O–H groups in total. The van der Waals surface area contributed by atoms with Gasteiger partial charge in [-0.15, -0.1) is 0 Å². The number of nitrogens with one attached hydrogen (secondary N) is 2.